The van der Waals surface area contributed by atoms with Gasteiger partial charge in [0, 0.05) is 30.9 Å². The molecule has 1 heterocycles. The summed E-state index contributed by atoms with van der Waals surface area (Å²) in [4.78, 5) is 14.3. The Bertz CT molecular complexity index is 336. The zero-order chi connectivity index (χ0) is 12.0. The Morgan fingerprint density at radius 1 is 1.44 bits per heavy atom. The molecule has 0 aliphatic rings. The molecule has 0 aliphatic heterocycles. The van der Waals surface area contributed by atoms with Gasteiger partial charge in [-0.1, -0.05) is 13.8 Å². The van der Waals surface area contributed by atoms with E-state index in [0.717, 1.165) is 6.54 Å². The predicted molar refractivity (Wildman–Crippen MR) is 62.4 cm³/mol. The van der Waals surface area contributed by atoms with E-state index in [1.54, 1.807) is 12.4 Å². The molecule has 1 aromatic rings. The molecule has 0 atom stereocenters. The largest absolute Gasteiger partial charge is 0.481 e. The summed E-state index contributed by atoms with van der Waals surface area (Å²) in [6.45, 7) is 5.50. The molecule has 1 rings (SSSR count). The second kappa shape index (κ2) is 5.61. The number of aromatic nitrogens is 1. The number of aliphatic carboxylic acids is 1. The Balaban J connectivity index is 2.43. The van der Waals surface area contributed by atoms with Crippen molar-refractivity contribution in [2.24, 2.45) is 0 Å². The molecule has 88 valence electrons. The van der Waals surface area contributed by atoms with Crippen LogP contribution in [0.2, 0.25) is 0 Å². The maximum atomic E-state index is 10.3. The predicted octanol–water partition coefficient (Wildman–Crippen LogP) is 1.42. The first-order valence-corrected chi connectivity index (χ1v) is 5.35. The Hall–Kier alpha value is -1.42. The highest BCUT2D eigenvalue weighted by atomic mass is 16.4. The smallest absolute Gasteiger partial charge is 0.304 e. The SMILES string of the molecule is CC(C)(CNCCC(=O)O)c1ccncc1. The van der Waals surface area contributed by atoms with Gasteiger partial charge < -0.3 is 10.4 Å². The topological polar surface area (TPSA) is 62.2 Å². The van der Waals surface area contributed by atoms with E-state index in [1.165, 1.54) is 5.56 Å². The van der Waals surface area contributed by atoms with Crippen LogP contribution in [0.15, 0.2) is 24.5 Å². The Morgan fingerprint density at radius 3 is 2.62 bits per heavy atom. The van der Waals surface area contributed by atoms with Crippen LogP contribution in [-0.2, 0) is 10.2 Å². The van der Waals surface area contributed by atoms with E-state index in [0.29, 0.717) is 6.54 Å². The number of carbonyl (C=O) groups is 1. The van der Waals surface area contributed by atoms with Gasteiger partial charge in [-0.25, -0.2) is 0 Å². The van der Waals surface area contributed by atoms with Crippen LogP contribution >= 0.6 is 0 Å². The van der Waals surface area contributed by atoms with Crippen LogP contribution < -0.4 is 5.32 Å². The lowest BCUT2D eigenvalue weighted by Crippen LogP contribution is -2.34. The number of nitrogens with one attached hydrogen (secondary N) is 1. The molecule has 0 aliphatic carbocycles. The molecule has 0 saturated carbocycles. The van der Waals surface area contributed by atoms with Gasteiger partial charge in [0.15, 0.2) is 0 Å². The van der Waals surface area contributed by atoms with Crippen molar-refractivity contribution in [2.45, 2.75) is 25.7 Å². The standard InChI is InChI=1S/C12H18N2O2/c1-12(2,9-14-8-5-11(15)16)10-3-6-13-7-4-10/h3-4,6-7,14H,5,8-9H2,1-2H3,(H,15,16). The second-order valence-corrected chi connectivity index (χ2v) is 4.44. The van der Waals surface area contributed by atoms with Gasteiger partial charge in [-0.3, -0.25) is 9.78 Å². The summed E-state index contributed by atoms with van der Waals surface area (Å²) < 4.78 is 0. The van der Waals surface area contributed by atoms with Crippen molar-refractivity contribution < 1.29 is 9.90 Å². The molecule has 4 heteroatoms. The number of hydrogen-bond donors (Lipinski definition) is 2. The van der Waals surface area contributed by atoms with Gasteiger partial charge in [-0.2, -0.15) is 0 Å². The third-order valence-electron chi connectivity index (χ3n) is 2.54. The van der Waals surface area contributed by atoms with Crippen molar-refractivity contribution >= 4 is 5.97 Å². The number of pyridine rings is 1. The average Bonchev–Trinajstić information content (AvgIpc) is 2.26. The molecular weight excluding hydrogens is 204 g/mol. The van der Waals surface area contributed by atoms with E-state index in [2.05, 4.69) is 24.1 Å². The zero-order valence-electron chi connectivity index (χ0n) is 9.73. The third-order valence-corrected chi connectivity index (χ3v) is 2.54. The first-order chi connectivity index (χ1) is 7.52. The minimum absolute atomic E-state index is 0.0125. The summed E-state index contributed by atoms with van der Waals surface area (Å²) in [5.74, 6) is -0.769. The molecule has 0 unspecified atom stereocenters. The fourth-order valence-corrected chi connectivity index (χ4v) is 1.50. The number of rotatable bonds is 6. The summed E-state index contributed by atoms with van der Waals surface area (Å²) in [5, 5.41) is 11.7. The molecule has 1 aromatic heterocycles. The first-order valence-electron chi connectivity index (χ1n) is 5.35. The van der Waals surface area contributed by atoms with Gasteiger partial charge in [0.1, 0.15) is 0 Å². The molecule has 0 spiro atoms. The van der Waals surface area contributed by atoms with Crippen LogP contribution in [-0.4, -0.2) is 29.1 Å². The highest BCUT2D eigenvalue weighted by molar-refractivity contribution is 5.66. The normalized spacial score (nSPS) is 11.4. The molecule has 16 heavy (non-hydrogen) atoms. The quantitative estimate of drug-likeness (QED) is 0.715. The second-order valence-electron chi connectivity index (χ2n) is 4.44. The molecular formula is C12H18N2O2. The third kappa shape index (κ3) is 3.98. The average molecular weight is 222 g/mol. The fraction of sp³-hybridized carbons (Fsp3) is 0.500. The van der Waals surface area contributed by atoms with Gasteiger partial charge in [-0.15, -0.1) is 0 Å². The molecule has 0 radical (unpaired) electrons. The van der Waals surface area contributed by atoms with Gasteiger partial charge in [0.25, 0.3) is 0 Å². The van der Waals surface area contributed by atoms with Crippen molar-refractivity contribution in [3.8, 4) is 0 Å². The Labute approximate surface area is 95.7 Å². The molecule has 0 bridgehead atoms. The van der Waals surface area contributed by atoms with E-state index < -0.39 is 5.97 Å². The minimum Gasteiger partial charge on any atom is -0.481 e. The van der Waals surface area contributed by atoms with Crippen LogP contribution in [0.3, 0.4) is 0 Å². The van der Waals surface area contributed by atoms with Gasteiger partial charge >= 0.3 is 5.97 Å². The van der Waals surface area contributed by atoms with E-state index >= 15 is 0 Å². The zero-order valence-corrected chi connectivity index (χ0v) is 9.73. The summed E-state index contributed by atoms with van der Waals surface area (Å²) >= 11 is 0. The van der Waals surface area contributed by atoms with Crippen molar-refractivity contribution in [3.63, 3.8) is 0 Å². The highest BCUT2D eigenvalue weighted by Crippen LogP contribution is 2.20. The molecule has 0 amide bonds. The molecule has 0 aromatic carbocycles. The van der Waals surface area contributed by atoms with Crippen LogP contribution in [0.5, 0.6) is 0 Å². The van der Waals surface area contributed by atoms with Crippen LogP contribution in [0.25, 0.3) is 0 Å². The van der Waals surface area contributed by atoms with Crippen LogP contribution in [0.1, 0.15) is 25.8 Å². The van der Waals surface area contributed by atoms with Gasteiger partial charge in [0.2, 0.25) is 0 Å². The summed E-state index contributed by atoms with van der Waals surface area (Å²) in [5.41, 5.74) is 1.19. The van der Waals surface area contributed by atoms with E-state index in [1.807, 2.05) is 12.1 Å². The fourth-order valence-electron chi connectivity index (χ4n) is 1.50. The molecule has 2 N–H and O–H groups in total. The van der Waals surface area contributed by atoms with Gasteiger partial charge in [0.05, 0.1) is 6.42 Å². The minimum atomic E-state index is -0.769. The summed E-state index contributed by atoms with van der Waals surface area (Å²) in [6, 6.07) is 3.97. The first kappa shape index (κ1) is 12.6. The van der Waals surface area contributed by atoms with E-state index in [-0.39, 0.29) is 11.8 Å². The summed E-state index contributed by atoms with van der Waals surface area (Å²) in [6.07, 6.45) is 3.70. The Kier molecular flexibility index (Phi) is 4.43. The number of hydrogen-bond acceptors (Lipinski definition) is 3. The molecule has 0 saturated heterocycles. The van der Waals surface area contributed by atoms with Crippen LogP contribution in [0, 0.1) is 0 Å². The highest BCUT2D eigenvalue weighted by Gasteiger charge is 2.19. The molecule has 0 fully saturated rings. The van der Waals surface area contributed by atoms with Crippen molar-refractivity contribution in [3.05, 3.63) is 30.1 Å². The van der Waals surface area contributed by atoms with Crippen LogP contribution in [0.4, 0.5) is 0 Å². The lowest BCUT2D eigenvalue weighted by atomic mass is 9.85. The lowest BCUT2D eigenvalue weighted by Gasteiger charge is -2.25. The van der Waals surface area contributed by atoms with Crippen molar-refractivity contribution in [1.82, 2.24) is 10.3 Å². The van der Waals surface area contributed by atoms with Crippen molar-refractivity contribution in [1.29, 1.82) is 0 Å². The number of carboxylic acids is 1. The monoisotopic (exact) mass is 222 g/mol. The summed E-state index contributed by atoms with van der Waals surface area (Å²) in [7, 11) is 0. The Morgan fingerprint density at radius 2 is 2.06 bits per heavy atom. The maximum absolute atomic E-state index is 10.3. The van der Waals surface area contributed by atoms with Gasteiger partial charge in [-0.05, 0) is 17.7 Å². The van der Waals surface area contributed by atoms with E-state index in [4.69, 9.17) is 5.11 Å². The van der Waals surface area contributed by atoms with Crippen molar-refractivity contribution in [2.75, 3.05) is 13.1 Å². The molecule has 4 nitrogen and oxygen atoms in total. The maximum Gasteiger partial charge on any atom is 0.304 e. The number of nitrogens with zero attached hydrogens (tertiary/aromatic N) is 1. The lowest BCUT2D eigenvalue weighted by molar-refractivity contribution is -0.136. The van der Waals surface area contributed by atoms with E-state index in [9.17, 15) is 4.79 Å². The number of carboxylic acid groups (broad SMARTS) is 1.